The van der Waals surface area contributed by atoms with Gasteiger partial charge in [0.2, 0.25) is 0 Å². The van der Waals surface area contributed by atoms with E-state index in [1.807, 2.05) is 23.7 Å². The van der Waals surface area contributed by atoms with Crippen LogP contribution in [0.2, 0.25) is 0 Å². The van der Waals surface area contributed by atoms with Crippen LogP contribution in [0.5, 0.6) is 0 Å². The molecule has 1 aromatic heterocycles. The number of aromatic nitrogens is 1. The highest BCUT2D eigenvalue weighted by atomic mass is 32.1. The van der Waals surface area contributed by atoms with Crippen LogP contribution in [0.3, 0.4) is 0 Å². The minimum absolute atomic E-state index is 1.00. The molecule has 0 spiro atoms. The smallest absolute Gasteiger partial charge is 0.0812 e. The second kappa shape index (κ2) is 7.37. The molecule has 4 heteroatoms. The van der Waals surface area contributed by atoms with E-state index in [0.717, 1.165) is 31.9 Å². The normalized spacial score (nSPS) is 16.7. The monoisotopic (exact) mass is 251 g/mol. The molecule has 17 heavy (non-hydrogen) atoms. The predicted molar refractivity (Wildman–Crippen MR) is 70.5 cm³/mol. The zero-order valence-corrected chi connectivity index (χ0v) is 10.6. The van der Waals surface area contributed by atoms with Crippen molar-refractivity contribution in [3.63, 3.8) is 0 Å². The minimum atomic E-state index is 1.00. The van der Waals surface area contributed by atoms with Crippen molar-refractivity contribution in [1.29, 1.82) is 0 Å². The number of para-hydroxylation sites is 1. The van der Waals surface area contributed by atoms with Crippen LogP contribution in [0.4, 0.5) is 0 Å². The van der Waals surface area contributed by atoms with E-state index in [1.54, 1.807) is 11.3 Å². The van der Waals surface area contributed by atoms with Gasteiger partial charge in [-0.2, -0.15) is 0 Å². The standard InChI is InChI=1S/C7H5NS.2C3H6O/c1-2-4-7-6(3-1)8-5-9-7;2*1-2-4-3-1/h1-5H;2*1-3H2. The summed E-state index contributed by atoms with van der Waals surface area (Å²) in [6.07, 6.45) is 2.56. The molecule has 2 saturated heterocycles. The predicted octanol–water partition coefficient (Wildman–Crippen LogP) is 3.11. The first kappa shape index (κ1) is 12.5. The van der Waals surface area contributed by atoms with Crippen molar-refractivity contribution in [2.24, 2.45) is 0 Å². The molecule has 0 radical (unpaired) electrons. The van der Waals surface area contributed by atoms with E-state index in [4.69, 9.17) is 9.47 Å². The van der Waals surface area contributed by atoms with Crippen molar-refractivity contribution in [2.45, 2.75) is 12.8 Å². The van der Waals surface area contributed by atoms with Crippen molar-refractivity contribution >= 4 is 21.6 Å². The highest BCUT2D eigenvalue weighted by Crippen LogP contribution is 2.15. The highest BCUT2D eigenvalue weighted by Gasteiger charge is 1.95. The third kappa shape index (κ3) is 4.42. The Balaban J connectivity index is 0.000000112. The Bertz CT molecular complexity index is 376. The molecule has 0 amide bonds. The lowest BCUT2D eigenvalue weighted by molar-refractivity contribution is 0.0366. The lowest BCUT2D eigenvalue weighted by Gasteiger charge is -2.09. The molecule has 3 nitrogen and oxygen atoms in total. The first-order valence-electron chi connectivity index (χ1n) is 5.90. The molecular weight excluding hydrogens is 234 g/mol. The molecule has 2 aliphatic heterocycles. The van der Waals surface area contributed by atoms with Gasteiger partial charge in [0.05, 0.1) is 15.7 Å². The number of ether oxygens (including phenoxy) is 2. The number of hydrogen-bond acceptors (Lipinski definition) is 4. The van der Waals surface area contributed by atoms with E-state index in [0.29, 0.717) is 0 Å². The first-order chi connectivity index (χ1) is 8.47. The highest BCUT2D eigenvalue weighted by molar-refractivity contribution is 7.16. The molecule has 0 N–H and O–H groups in total. The fraction of sp³-hybridized carbons (Fsp3) is 0.462. The van der Waals surface area contributed by atoms with Crippen LogP contribution in [0, 0.1) is 0 Å². The average Bonchev–Trinajstić information content (AvgIpc) is 2.59. The van der Waals surface area contributed by atoms with E-state index in [2.05, 4.69) is 11.1 Å². The summed E-state index contributed by atoms with van der Waals surface area (Å²) in [5.74, 6) is 0. The third-order valence-electron chi connectivity index (χ3n) is 2.39. The van der Waals surface area contributed by atoms with Gasteiger partial charge in [-0.1, -0.05) is 12.1 Å². The van der Waals surface area contributed by atoms with Crippen molar-refractivity contribution in [1.82, 2.24) is 4.98 Å². The summed E-state index contributed by atoms with van der Waals surface area (Å²) in [6, 6.07) is 8.13. The molecular formula is C13H17NO2S. The van der Waals surface area contributed by atoms with Crippen molar-refractivity contribution < 1.29 is 9.47 Å². The van der Waals surface area contributed by atoms with Crippen LogP contribution < -0.4 is 0 Å². The summed E-state index contributed by atoms with van der Waals surface area (Å²) in [7, 11) is 0. The Hall–Kier alpha value is -0.970. The maximum Gasteiger partial charge on any atom is 0.0812 e. The SMILES string of the molecule is C1COC1.C1COC1.c1ccc2scnc2c1. The second-order valence-electron chi connectivity index (χ2n) is 3.75. The van der Waals surface area contributed by atoms with Crippen LogP contribution in [0.1, 0.15) is 12.8 Å². The summed E-state index contributed by atoms with van der Waals surface area (Å²) in [5.41, 5.74) is 2.97. The van der Waals surface area contributed by atoms with Gasteiger partial charge >= 0.3 is 0 Å². The largest absolute Gasteiger partial charge is 0.381 e. The average molecular weight is 251 g/mol. The molecule has 0 aliphatic carbocycles. The van der Waals surface area contributed by atoms with Gasteiger partial charge in [-0.25, -0.2) is 4.98 Å². The van der Waals surface area contributed by atoms with Gasteiger partial charge in [0.15, 0.2) is 0 Å². The van der Waals surface area contributed by atoms with E-state index in [9.17, 15) is 0 Å². The minimum Gasteiger partial charge on any atom is -0.381 e. The molecule has 0 saturated carbocycles. The van der Waals surface area contributed by atoms with Crippen molar-refractivity contribution in [3.8, 4) is 0 Å². The molecule has 2 aliphatic rings. The van der Waals surface area contributed by atoms with Crippen LogP contribution in [-0.2, 0) is 9.47 Å². The van der Waals surface area contributed by atoms with Gasteiger partial charge in [0, 0.05) is 26.4 Å². The maximum absolute atomic E-state index is 4.72. The van der Waals surface area contributed by atoms with Crippen LogP contribution in [0.25, 0.3) is 10.2 Å². The van der Waals surface area contributed by atoms with Crippen LogP contribution in [-0.4, -0.2) is 31.4 Å². The fourth-order valence-corrected chi connectivity index (χ4v) is 1.77. The first-order valence-corrected chi connectivity index (χ1v) is 6.78. The molecule has 2 fully saturated rings. The number of thiazole rings is 1. The number of fused-ring (bicyclic) bond motifs is 1. The van der Waals surface area contributed by atoms with Crippen LogP contribution >= 0.6 is 11.3 Å². The van der Waals surface area contributed by atoms with E-state index in [-0.39, 0.29) is 0 Å². The summed E-state index contributed by atoms with van der Waals surface area (Å²) in [5, 5.41) is 0. The van der Waals surface area contributed by atoms with Gasteiger partial charge in [0.25, 0.3) is 0 Å². The Morgan fingerprint density at radius 3 is 1.94 bits per heavy atom. The zero-order valence-electron chi connectivity index (χ0n) is 9.80. The van der Waals surface area contributed by atoms with Gasteiger partial charge < -0.3 is 9.47 Å². The topological polar surface area (TPSA) is 31.4 Å². The molecule has 0 unspecified atom stereocenters. The second-order valence-corrected chi connectivity index (χ2v) is 4.64. The number of rotatable bonds is 0. The summed E-state index contributed by atoms with van der Waals surface area (Å²) in [6.45, 7) is 4.00. The molecule has 2 aromatic rings. The van der Waals surface area contributed by atoms with Gasteiger partial charge in [-0.3, -0.25) is 0 Å². The number of hydrogen-bond donors (Lipinski definition) is 0. The van der Waals surface area contributed by atoms with Crippen molar-refractivity contribution in [3.05, 3.63) is 29.8 Å². The molecule has 92 valence electrons. The van der Waals surface area contributed by atoms with Gasteiger partial charge in [-0.15, -0.1) is 11.3 Å². The molecule has 0 atom stereocenters. The lowest BCUT2D eigenvalue weighted by Crippen LogP contribution is -2.09. The lowest BCUT2D eigenvalue weighted by atomic mass is 10.3. The summed E-state index contributed by atoms with van der Waals surface area (Å²) < 4.78 is 10.7. The Labute approximate surface area is 105 Å². The molecule has 0 bridgehead atoms. The zero-order chi connectivity index (χ0) is 11.8. The molecule has 4 rings (SSSR count). The van der Waals surface area contributed by atoms with Crippen LogP contribution in [0.15, 0.2) is 29.8 Å². The van der Waals surface area contributed by atoms with Gasteiger partial charge in [-0.05, 0) is 25.0 Å². The van der Waals surface area contributed by atoms with E-state index >= 15 is 0 Å². The van der Waals surface area contributed by atoms with E-state index in [1.165, 1.54) is 17.5 Å². The van der Waals surface area contributed by atoms with Crippen molar-refractivity contribution in [2.75, 3.05) is 26.4 Å². The number of nitrogens with zero attached hydrogens (tertiary/aromatic N) is 1. The Morgan fingerprint density at radius 2 is 1.47 bits per heavy atom. The van der Waals surface area contributed by atoms with Gasteiger partial charge in [0.1, 0.15) is 0 Å². The number of benzene rings is 1. The summed E-state index contributed by atoms with van der Waals surface area (Å²) in [4.78, 5) is 4.14. The molecule has 1 aromatic carbocycles. The Morgan fingerprint density at radius 1 is 0.941 bits per heavy atom. The Kier molecular flexibility index (Phi) is 5.42. The molecule has 3 heterocycles. The maximum atomic E-state index is 4.72. The fourth-order valence-electron chi connectivity index (χ4n) is 1.09. The quantitative estimate of drug-likeness (QED) is 0.721. The van der Waals surface area contributed by atoms with E-state index < -0.39 is 0 Å². The third-order valence-corrected chi connectivity index (χ3v) is 3.20. The summed E-state index contributed by atoms with van der Waals surface area (Å²) >= 11 is 1.68.